The van der Waals surface area contributed by atoms with Gasteiger partial charge in [0, 0.05) is 0 Å². The molecule has 0 spiro atoms. The molecule has 2 N–H and O–H groups in total. The Hall–Kier alpha value is -0.263. The molecular formula is H3NO3Si. The molecule has 0 aliphatic carbocycles. The quantitative estimate of drug-likeness (QED) is 0.305. The van der Waals surface area contributed by atoms with Crippen LogP contribution >= 0.6 is 0 Å². The van der Waals surface area contributed by atoms with Crippen molar-refractivity contribution >= 4 is 9.45 Å². The second-order valence-corrected chi connectivity index (χ2v) is 1.36. The van der Waals surface area contributed by atoms with Gasteiger partial charge in [-0.1, -0.05) is 4.84 Å². The van der Waals surface area contributed by atoms with Gasteiger partial charge in [-0.05, 0) is 0 Å². The maximum absolute atomic E-state index is 8.82. The molecule has 4 nitrogen and oxygen atoms in total. The maximum atomic E-state index is 8.82. The lowest BCUT2D eigenvalue weighted by atomic mass is 13.7. The third-order valence-electron chi connectivity index (χ3n) is 0.0943. The van der Waals surface area contributed by atoms with E-state index in [1.54, 1.807) is 0 Å². The molecule has 0 aromatic heterocycles. The van der Waals surface area contributed by atoms with E-state index in [0.29, 0.717) is 0 Å². The summed E-state index contributed by atoms with van der Waals surface area (Å²) in [5, 5.41) is 0. The maximum Gasteiger partial charge on any atom is 0.500 e. The largest absolute Gasteiger partial charge is 0.500 e. The summed E-state index contributed by atoms with van der Waals surface area (Å²) in [5.74, 6) is 0. The summed E-state index contributed by atoms with van der Waals surface area (Å²) in [7, 11) is -3.08. The van der Waals surface area contributed by atoms with Crippen LogP contribution < -0.4 is 0 Å². The highest BCUT2D eigenvalue weighted by Crippen LogP contribution is 1.60. The molecule has 5 heavy (non-hydrogen) atoms. The molecule has 0 unspecified atom stereocenters. The van der Waals surface area contributed by atoms with E-state index in [4.69, 9.17) is 14.5 Å². The van der Waals surface area contributed by atoms with Gasteiger partial charge in [-0.15, -0.1) is 0 Å². The van der Waals surface area contributed by atoms with Crippen molar-refractivity contribution < 1.29 is 9.59 Å². The predicted octanol–water partition coefficient (Wildman–Crippen LogP) is -1.55. The van der Waals surface area contributed by atoms with Crippen molar-refractivity contribution in [2.24, 2.45) is 4.84 Å². The van der Waals surface area contributed by atoms with E-state index in [-0.39, 0.29) is 0 Å². The molecule has 0 aliphatic rings. The average Bonchev–Trinajstić information content (AvgIpc) is 1.38. The Balaban J connectivity index is 2.83. The lowest BCUT2D eigenvalue weighted by Crippen LogP contribution is -2.03. The van der Waals surface area contributed by atoms with E-state index in [1.807, 2.05) is 4.84 Å². The SMILES string of the molecule is O=N[SiH](O)O. The lowest BCUT2D eigenvalue weighted by Gasteiger charge is -1.73. The molecule has 0 radical (unpaired) electrons. The first-order valence-electron chi connectivity index (χ1n) is 0.957. The Morgan fingerprint density at radius 3 is 1.80 bits per heavy atom. The van der Waals surface area contributed by atoms with Gasteiger partial charge >= 0.3 is 9.45 Å². The van der Waals surface area contributed by atoms with Gasteiger partial charge in [-0.3, -0.25) is 0 Å². The highest BCUT2D eigenvalue weighted by atomic mass is 28.3. The molecule has 30 valence electrons. The molecule has 0 heterocycles. The second kappa shape index (κ2) is 2.00. The fourth-order valence-electron chi connectivity index (χ4n) is 0. The zero-order valence-electron chi connectivity index (χ0n) is 2.33. The molecule has 0 aromatic rings. The molecule has 0 amide bonds. The van der Waals surface area contributed by atoms with E-state index in [2.05, 4.69) is 0 Å². The predicted molar refractivity (Wildman–Crippen MR) is 17.4 cm³/mol. The highest BCUT2D eigenvalue weighted by molar-refractivity contribution is 6.38. The summed E-state index contributed by atoms with van der Waals surface area (Å²) in [6.07, 6.45) is 0. The Morgan fingerprint density at radius 2 is 1.80 bits per heavy atom. The number of rotatable bonds is 1. The number of nitroso groups, excluding NO2 is 1. The summed E-state index contributed by atoms with van der Waals surface area (Å²) in [5.41, 5.74) is 0. The summed E-state index contributed by atoms with van der Waals surface area (Å²) in [6.45, 7) is 0. The standard InChI is InChI=1S/H3NO3Si/c2-1-5(3)4/h3-5H. The van der Waals surface area contributed by atoms with Gasteiger partial charge in [0.05, 0.1) is 0 Å². The molecule has 5 heteroatoms. The molecule has 0 rings (SSSR count). The smallest absolute Gasteiger partial charge is 0.394 e. The highest BCUT2D eigenvalue weighted by Gasteiger charge is 1.93. The summed E-state index contributed by atoms with van der Waals surface area (Å²) in [6, 6.07) is 0. The van der Waals surface area contributed by atoms with Crippen LogP contribution in [0.25, 0.3) is 0 Å². The topological polar surface area (TPSA) is 69.9 Å². The van der Waals surface area contributed by atoms with Crippen LogP contribution in [0.2, 0.25) is 0 Å². The van der Waals surface area contributed by atoms with Crippen LogP contribution in [0.4, 0.5) is 0 Å². The van der Waals surface area contributed by atoms with E-state index in [9.17, 15) is 0 Å². The van der Waals surface area contributed by atoms with Gasteiger partial charge in [-0.2, -0.15) is 4.91 Å². The first-order valence-corrected chi connectivity index (χ1v) is 2.51. The number of nitrogens with zero attached hydrogens (tertiary/aromatic N) is 1. The van der Waals surface area contributed by atoms with Crippen molar-refractivity contribution in [1.29, 1.82) is 0 Å². The van der Waals surface area contributed by atoms with Crippen molar-refractivity contribution in [3.8, 4) is 0 Å². The molecule has 0 saturated carbocycles. The molecular weight excluding hydrogens is 90.1 g/mol. The molecule has 0 saturated heterocycles. The van der Waals surface area contributed by atoms with Crippen LogP contribution in [0.15, 0.2) is 4.84 Å². The Bertz CT molecular complexity index is 33.9. The van der Waals surface area contributed by atoms with Crippen LogP contribution in [0, 0.1) is 4.91 Å². The molecule has 0 fully saturated rings. The minimum absolute atomic E-state index is 1.89. The first-order chi connectivity index (χ1) is 2.27. The number of hydrogen-bond acceptors (Lipinski definition) is 4. The third-order valence-corrected chi connectivity index (χ3v) is 0.283. The van der Waals surface area contributed by atoms with E-state index in [1.165, 1.54) is 0 Å². The van der Waals surface area contributed by atoms with E-state index < -0.39 is 9.45 Å². The van der Waals surface area contributed by atoms with Crippen LogP contribution in [0.3, 0.4) is 0 Å². The molecule has 0 aliphatic heterocycles. The van der Waals surface area contributed by atoms with Crippen molar-refractivity contribution in [1.82, 2.24) is 0 Å². The van der Waals surface area contributed by atoms with Gasteiger partial charge in [0.1, 0.15) is 0 Å². The van der Waals surface area contributed by atoms with Gasteiger partial charge in [0.15, 0.2) is 0 Å². The summed E-state index contributed by atoms with van der Waals surface area (Å²) in [4.78, 5) is 25.9. The van der Waals surface area contributed by atoms with Gasteiger partial charge in [-0.25, -0.2) is 0 Å². The van der Waals surface area contributed by atoms with Crippen molar-refractivity contribution in [3.63, 3.8) is 0 Å². The normalized spacial score (nSPS) is 8.60. The average molecular weight is 93.1 g/mol. The van der Waals surface area contributed by atoms with E-state index in [0.717, 1.165) is 0 Å². The van der Waals surface area contributed by atoms with Gasteiger partial charge in [0.25, 0.3) is 0 Å². The van der Waals surface area contributed by atoms with Crippen molar-refractivity contribution in [2.75, 3.05) is 0 Å². The molecule has 0 bridgehead atoms. The Labute approximate surface area is 30.0 Å². The minimum atomic E-state index is -3.08. The fraction of sp³-hybridized carbons (Fsp3) is 0. The third kappa shape index (κ3) is 3.74. The zero-order chi connectivity index (χ0) is 4.28. The van der Waals surface area contributed by atoms with Crippen LogP contribution in [-0.2, 0) is 0 Å². The Kier molecular flexibility index (Phi) is 1.90. The zero-order valence-corrected chi connectivity index (χ0v) is 3.48. The van der Waals surface area contributed by atoms with Gasteiger partial charge in [0.2, 0.25) is 0 Å². The monoisotopic (exact) mass is 93.0 g/mol. The van der Waals surface area contributed by atoms with E-state index >= 15 is 0 Å². The molecule has 0 atom stereocenters. The first kappa shape index (κ1) is 4.74. The van der Waals surface area contributed by atoms with Gasteiger partial charge < -0.3 is 9.59 Å². The number of hydrogen-bond donors (Lipinski definition) is 2. The molecule has 0 aromatic carbocycles. The fourth-order valence-corrected chi connectivity index (χ4v) is 0. The van der Waals surface area contributed by atoms with Crippen LogP contribution in [-0.4, -0.2) is 19.0 Å². The summed E-state index contributed by atoms with van der Waals surface area (Å²) >= 11 is 0. The summed E-state index contributed by atoms with van der Waals surface area (Å²) < 4.78 is 0. The minimum Gasteiger partial charge on any atom is -0.394 e. The Morgan fingerprint density at radius 1 is 1.60 bits per heavy atom. The van der Waals surface area contributed by atoms with Crippen LogP contribution in [0.5, 0.6) is 0 Å². The lowest BCUT2D eigenvalue weighted by molar-refractivity contribution is 0.409. The van der Waals surface area contributed by atoms with Crippen molar-refractivity contribution in [2.45, 2.75) is 0 Å². The van der Waals surface area contributed by atoms with Crippen LogP contribution in [0.1, 0.15) is 0 Å². The van der Waals surface area contributed by atoms with Crippen molar-refractivity contribution in [3.05, 3.63) is 4.91 Å². The second-order valence-electron chi connectivity index (χ2n) is 0.452.